The number of hydrogen-bond acceptors (Lipinski definition) is 4. The number of rotatable bonds is 4. The van der Waals surface area contributed by atoms with Crippen molar-refractivity contribution in [2.45, 2.75) is 18.9 Å². The zero-order chi connectivity index (χ0) is 15.4. The molecular weight excluding hydrogens is 280 g/mol. The van der Waals surface area contributed by atoms with Crippen LogP contribution < -0.4 is 9.64 Å². The molecule has 0 saturated carbocycles. The van der Waals surface area contributed by atoms with Gasteiger partial charge in [0.05, 0.1) is 4.92 Å². The SMILES string of the molecule is O=[N+]([O-])c1ccc(N2CCC(Oc3ccccc3)CC2)cc1. The Hall–Kier alpha value is -2.56. The molecule has 0 unspecified atom stereocenters. The van der Waals surface area contributed by atoms with Gasteiger partial charge in [-0.3, -0.25) is 10.1 Å². The normalized spacial score (nSPS) is 15.5. The Morgan fingerprint density at radius 3 is 2.23 bits per heavy atom. The van der Waals surface area contributed by atoms with Crippen LogP contribution in [-0.2, 0) is 0 Å². The summed E-state index contributed by atoms with van der Waals surface area (Å²) in [5, 5.41) is 10.7. The van der Waals surface area contributed by atoms with Crippen molar-refractivity contribution in [1.29, 1.82) is 0 Å². The number of piperidine rings is 1. The van der Waals surface area contributed by atoms with Gasteiger partial charge in [-0.05, 0) is 24.3 Å². The van der Waals surface area contributed by atoms with E-state index < -0.39 is 0 Å². The second kappa shape index (κ2) is 6.47. The zero-order valence-corrected chi connectivity index (χ0v) is 12.2. The van der Waals surface area contributed by atoms with E-state index in [1.807, 2.05) is 42.5 Å². The van der Waals surface area contributed by atoms with Crippen LogP contribution in [0.2, 0.25) is 0 Å². The van der Waals surface area contributed by atoms with Crippen LogP contribution in [0, 0.1) is 10.1 Å². The smallest absolute Gasteiger partial charge is 0.269 e. The van der Waals surface area contributed by atoms with E-state index >= 15 is 0 Å². The van der Waals surface area contributed by atoms with E-state index in [1.54, 1.807) is 12.1 Å². The Bertz CT molecular complexity index is 620. The molecule has 0 spiro atoms. The maximum atomic E-state index is 10.7. The summed E-state index contributed by atoms with van der Waals surface area (Å²) in [7, 11) is 0. The van der Waals surface area contributed by atoms with Gasteiger partial charge in [0.1, 0.15) is 11.9 Å². The molecule has 0 N–H and O–H groups in total. The van der Waals surface area contributed by atoms with Gasteiger partial charge < -0.3 is 9.64 Å². The minimum absolute atomic E-state index is 0.131. The van der Waals surface area contributed by atoms with Gasteiger partial charge in [-0.2, -0.15) is 0 Å². The van der Waals surface area contributed by atoms with Crippen LogP contribution in [-0.4, -0.2) is 24.1 Å². The molecule has 0 atom stereocenters. The van der Waals surface area contributed by atoms with Gasteiger partial charge in [0, 0.05) is 43.8 Å². The number of hydrogen-bond donors (Lipinski definition) is 0. The average Bonchev–Trinajstić information content (AvgIpc) is 2.57. The molecule has 0 radical (unpaired) electrons. The summed E-state index contributed by atoms with van der Waals surface area (Å²) in [5.41, 5.74) is 1.16. The largest absolute Gasteiger partial charge is 0.490 e. The Morgan fingerprint density at radius 2 is 1.64 bits per heavy atom. The number of non-ortho nitro benzene ring substituents is 1. The molecule has 114 valence electrons. The van der Waals surface area contributed by atoms with Crippen molar-refractivity contribution in [3.8, 4) is 5.75 Å². The predicted molar refractivity (Wildman–Crippen MR) is 85.4 cm³/mol. The van der Waals surface area contributed by atoms with Gasteiger partial charge in [0.25, 0.3) is 5.69 Å². The Morgan fingerprint density at radius 1 is 1.00 bits per heavy atom. The molecule has 1 saturated heterocycles. The molecule has 3 rings (SSSR count). The lowest BCUT2D eigenvalue weighted by molar-refractivity contribution is -0.384. The average molecular weight is 298 g/mol. The van der Waals surface area contributed by atoms with Gasteiger partial charge in [-0.25, -0.2) is 0 Å². The second-order valence-corrected chi connectivity index (χ2v) is 5.39. The van der Waals surface area contributed by atoms with E-state index in [9.17, 15) is 10.1 Å². The first-order valence-electron chi connectivity index (χ1n) is 7.43. The summed E-state index contributed by atoms with van der Waals surface area (Å²) >= 11 is 0. The van der Waals surface area contributed by atoms with Crippen LogP contribution in [0.15, 0.2) is 54.6 Å². The fourth-order valence-electron chi connectivity index (χ4n) is 2.71. The second-order valence-electron chi connectivity index (χ2n) is 5.39. The van der Waals surface area contributed by atoms with Crippen molar-refractivity contribution in [1.82, 2.24) is 0 Å². The van der Waals surface area contributed by atoms with Crippen molar-refractivity contribution in [3.05, 3.63) is 64.7 Å². The van der Waals surface area contributed by atoms with E-state index in [0.29, 0.717) is 0 Å². The molecule has 1 fully saturated rings. The number of benzene rings is 2. The van der Waals surface area contributed by atoms with Gasteiger partial charge >= 0.3 is 0 Å². The summed E-state index contributed by atoms with van der Waals surface area (Å²) < 4.78 is 5.97. The highest BCUT2D eigenvalue weighted by atomic mass is 16.6. The quantitative estimate of drug-likeness (QED) is 0.638. The lowest BCUT2D eigenvalue weighted by atomic mass is 10.1. The first-order chi connectivity index (χ1) is 10.7. The fraction of sp³-hybridized carbons (Fsp3) is 0.294. The Balaban J connectivity index is 1.56. The van der Waals surface area contributed by atoms with Gasteiger partial charge in [0.15, 0.2) is 0 Å². The third-order valence-corrected chi connectivity index (χ3v) is 3.91. The van der Waals surface area contributed by atoms with Crippen LogP contribution >= 0.6 is 0 Å². The lowest BCUT2D eigenvalue weighted by Gasteiger charge is -2.33. The van der Waals surface area contributed by atoms with Crippen molar-refractivity contribution < 1.29 is 9.66 Å². The molecule has 1 aliphatic rings. The summed E-state index contributed by atoms with van der Waals surface area (Å²) in [6, 6.07) is 16.6. The van der Waals surface area contributed by atoms with E-state index in [-0.39, 0.29) is 16.7 Å². The van der Waals surface area contributed by atoms with Crippen molar-refractivity contribution in [2.24, 2.45) is 0 Å². The molecule has 5 nitrogen and oxygen atoms in total. The van der Waals surface area contributed by atoms with Gasteiger partial charge in [-0.15, -0.1) is 0 Å². The highest BCUT2D eigenvalue weighted by Gasteiger charge is 2.21. The zero-order valence-electron chi connectivity index (χ0n) is 12.2. The monoisotopic (exact) mass is 298 g/mol. The summed E-state index contributed by atoms with van der Waals surface area (Å²) in [6.07, 6.45) is 2.13. The maximum Gasteiger partial charge on any atom is 0.269 e. The molecule has 2 aromatic rings. The Labute approximate surface area is 129 Å². The number of nitro groups is 1. The topological polar surface area (TPSA) is 55.6 Å². The molecule has 5 heteroatoms. The van der Waals surface area contributed by atoms with Gasteiger partial charge in [0.2, 0.25) is 0 Å². The van der Waals surface area contributed by atoms with Crippen molar-refractivity contribution >= 4 is 11.4 Å². The van der Waals surface area contributed by atoms with Crippen LogP contribution in [0.25, 0.3) is 0 Å². The van der Waals surface area contributed by atoms with Gasteiger partial charge in [-0.1, -0.05) is 18.2 Å². The number of ether oxygens (including phenoxy) is 1. The third kappa shape index (κ3) is 3.36. The first-order valence-corrected chi connectivity index (χ1v) is 7.43. The molecule has 1 aliphatic heterocycles. The van der Waals surface area contributed by atoms with Crippen molar-refractivity contribution in [2.75, 3.05) is 18.0 Å². The van der Waals surface area contributed by atoms with Crippen LogP contribution in [0.3, 0.4) is 0 Å². The molecular formula is C17H18N2O3. The van der Waals surface area contributed by atoms with E-state index in [1.165, 1.54) is 0 Å². The summed E-state index contributed by atoms with van der Waals surface area (Å²) in [4.78, 5) is 12.6. The minimum Gasteiger partial charge on any atom is -0.490 e. The van der Waals surface area contributed by atoms with E-state index in [4.69, 9.17) is 4.74 Å². The summed E-state index contributed by atoms with van der Waals surface area (Å²) in [6.45, 7) is 1.80. The molecule has 0 aromatic heterocycles. The number of para-hydroxylation sites is 1. The standard InChI is InChI=1S/C17H18N2O3/c20-19(21)15-8-6-14(7-9-15)18-12-10-17(11-13-18)22-16-4-2-1-3-5-16/h1-9,17H,10-13H2. The first kappa shape index (κ1) is 14.4. The summed E-state index contributed by atoms with van der Waals surface area (Å²) in [5.74, 6) is 0.913. The number of anilines is 1. The Kier molecular flexibility index (Phi) is 4.23. The molecule has 0 bridgehead atoms. The van der Waals surface area contributed by atoms with Crippen molar-refractivity contribution in [3.63, 3.8) is 0 Å². The van der Waals surface area contributed by atoms with E-state index in [0.717, 1.165) is 37.4 Å². The maximum absolute atomic E-state index is 10.7. The number of nitro benzene ring substituents is 1. The molecule has 22 heavy (non-hydrogen) atoms. The van der Waals surface area contributed by atoms with Crippen LogP contribution in [0.5, 0.6) is 5.75 Å². The molecule has 2 aromatic carbocycles. The van der Waals surface area contributed by atoms with Crippen LogP contribution in [0.1, 0.15) is 12.8 Å². The highest BCUT2D eigenvalue weighted by Crippen LogP contribution is 2.24. The molecule has 0 amide bonds. The highest BCUT2D eigenvalue weighted by molar-refractivity contribution is 5.51. The molecule has 0 aliphatic carbocycles. The molecule has 1 heterocycles. The predicted octanol–water partition coefficient (Wildman–Crippen LogP) is 3.64. The number of nitrogens with zero attached hydrogens (tertiary/aromatic N) is 2. The lowest BCUT2D eigenvalue weighted by Crippen LogP contribution is -2.38. The minimum atomic E-state index is -0.371. The third-order valence-electron chi connectivity index (χ3n) is 3.91. The van der Waals surface area contributed by atoms with E-state index in [2.05, 4.69) is 4.90 Å². The van der Waals surface area contributed by atoms with Crippen LogP contribution in [0.4, 0.5) is 11.4 Å². The fourth-order valence-corrected chi connectivity index (χ4v) is 2.71.